The van der Waals surface area contributed by atoms with Crippen LogP contribution in [0.25, 0.3) is 16.7 Å². The van der Waals surface area contributed by atoms with Crippen molar-refractivity contribution >= 4 is 22.6 Å². The summed E-state index contributed by atoms with van der Waals surface area (Å²) < 4.78 is 4.32. The van der Waals surface area contributed by atoms with Gasteiger partial charge in [0.2, 0.25) is 5.78 Å². The van der Waals surface area contributed by atoms with Crippen LogP contribution in [0.5, 0.6) is 0 Å². The molecule has 0 aliphatic heterocycles. The summed E-state index contributed by atoms with van der Waals surface area (Å²) in [6.45, 7) is 7.08. The molecule has 8 heteroatoms. The summed E-state index contributed by atoms with van der Waals surface area (Å²) in [6.07, 6.45) is 0. The molecule has 0 aliphatic carbocycles. The third kappa shape index (κ3) is 4.82. The molecule has 0 saturated heterocycles. The van der Waals surface area contributed by atoms with Gasteiger partial charge in [-0.05, 0) is 42.2 Å². The Hall–Kier alpha value is -4.46. The molecule has 0 atom stereocenters. The van der Waals surface area contributed by atoms with Gasteiger partial charge in [-0.25, -0.2) is 13.9 Å². The first-order chi connectivity index (χ1) is 17.8. The third-order valence-corrected chi connectivity index (χ3v) is 6.35. The lowest BCUT2D eigenvalue weighted by Gasteiger charge is -2.11. The van der Waals surface area contributed by atoms with Gasteiger partial charge in [0.25, 0.3) is 11.5 Å². The molecule has 0 unspecified atom stereocenters. The van der Waals surface area contributed by atoms with Gasteiger partial charge in [0.05, 0.1) is 24.0 Å². The van der Waals surface area contributed by atoms with Gasteiger partial charge < -0.3 is 5.32 Å². The molecule has 0 fully saturated rings. The average Bonchev–Trinajstić information content (AvgIpc) is 3.22. The number of amides is 1. The van der Waals surface area contributed by atoms with Crippen molar-refractivity contribution < 1.29 is 4.79 Å². The van der Waals surface area contributed by atoms with E-state index in [1.165, 1.54) is 13.6 Å². The van der Waals surface area contributed by atoms with Gasteiger partial charge in [-0.15, -0.1) is 5.10 Å². The number of aryl methyl sites for hydroxylation is 1. The number of carbonyl (C=O) groups is 1. The van der Waals surface area contributed by atoms with E-state index in [0.717, 1.165) is 16.7 Å². The zero-order valence-corrected chi connectivity index (χ0v) is 21.1. The Morgan fingerprint density at radius 3 is 2.32 bits per heavy atom. The second kappa shape index (κ2) is 9.89. The van der Waals surface area contributed by atoms with Crippen LogP contribution in [0.2, 0.25) is 0 Å². The van der Waals surface area contributed by atoms with Crippen molar-refractivity contribution in [2.45, 2.75) is 33.9 Å². The number of nitrogens with one attached hydrogen (secondary N) is 1. The number of nitrogens with zero attached hydrogens (tertiary/aromatic N) is 4. The molecule has 0 radical (unpaired) electrons. The summed E-state index contributed by atoms with van der Waals surface area (Å²) in [5.41, 5.74) is 3.06. The molecule has 2 heterocycles. The number of benzene rings is 3. The Bertz CT molecular complexity index is 1710. The van der Waals surface area contributed by atoms with E-state index >= 15 is 0 Å². The lowest BCUT2D eigenvalue weighted by Crippen LogP contribution is -2.29. The highest BCUT2D eigenvalue weighted by molar-refractivity contribution is 5.98. The van der Waals surface area contributed by atoms with Crippen LogP contribution >= 0.6 is 0 Å². The fourth-order valence-corrected chi connectivity index (χ4v) is 4.33. The maximum absolute atomic E-state index is 13.7. The predicted octanol–water partition coefficient (Wildman–Crippen LogP) is 3.60. The standard InChI is InChI=1S/C29H29N5O3/c1-19(2)16-30-26(35)23-13-14-24-25(15-23)34-28(32(27(24)36)17-21-7-5-4-6-8-21)31-33(29(34)37)18-22-11-9-20(3)10-12-22/h4-15,19H,16-18H2,1-3H3,(H,30,35). The number of carbonyl (C=O) groups excluding carboxylic acids is 1. The van der Waals surface area contributed by atoms with E-state index in [9.17, 15) is 14.4 Å². The molecule has 0 spiro atoms. The molecule has 0 saturated carbocycles. The van der Waals surface area contributed by atoms with Gasteiger partial charge in [-0.3, -0.25) is 14.2 Å². The van der Waals surface area contributed by atoms with E-state index in [2.05, 4.69) is 10.4 Å². The van der Waals surface area contributed by atoms with Gasteiger partial charge in [-0.2, -0.15) is 0 Å². The van der Waals surface area contributed by atoms with Crippen molar-refractivity contribution in [3.8, 4) is 0 Å². The van der Waals surface area contributed by atoms with Crippen molar-refractivity contribution in [3.63, 3.8) is 0 Å². The number of rotatable bonds is 7. The van der Waals surface area contributed by atoms with Crippen molar-refractivity contribution in [2.75, 3.05) is 6.54 Å². The Kier molecular flexibility index (Phi) is 6.48. The second-order valence-corrected chi connectivity index (χ2v) is 9.77. The van der Waals surface area contributed by atoms with Crippen molar-refractivity contribution in [1.29, 1.82) is 0 Å². The van der Waals surface area contributed by atoms with Gasteiger partial charge >= 0.3 is 5.69 Å². The van der Waals surface area contributed by atoms with Crippen LogP contribution in [0, 0.1) is 12.8 Å². The van der Waals surface area contributed by atoms with Crippen LogP contribution in [0.15, 0.2) is 82.4 Å². The number of hydrogen-bond acceptors (Lipinski definition) is 4. The highest BCUT2D eigenvalue weighted by Crippen LogP contribution is 2.16. The normalized spacial score (nSPS) is 11.5. The summed E-state index contributed by atoms with van der Waals surface area (Å²) in [5, 5.41) is 7.84. The Labute approximate surface area is 213 Å². The van der Waals surface area contributed by atoms with Crippen LogP contribution in [0.3, 0.4) is 0 Å². The largest absolute Gasteiger partial charge is 0.352 e. The first kappa shape index (κ1) is 24.2. The van der Waals surface area contributed by atoms with Crippen LogP contribution < -0.4 is 16.6 Å². The highest BCUT2D eigenvalue weighted by atomic mass is 16.2. The van der Waals surface area contributed by atoms with Crippen molar-refractivity contribution in [2.24, 2.45) is 5.92 Å². The third-order valence-electron chi connectivity index (χ3n) is 6.35. The molecule has 2 aromatic heterocycles. The summed E-state index contributed by atoms with van der Waals surface area (Å²) >= 11 is 0. The van der Waals surface area contributed by atoms with E-state index in [0.29, 0.717) is 28.9 Å². The fraction of sp³-hybridized carbons (Fsp3) is 0.241. The van der Waals surface area contributed by atoms with Crippen molar-refractivity contribution in [3.05, 3.63) is 116 Å². The maximum Gasteiger partial charge on any atom is 0.352 e. The number of fused-ring (bicyclic) bond motifs is 3. The van der Waals surface area contributed by atoms with E-state index in [-0.39, 0.29) is 36.0 Å². The molecule has 5 aromatic rings. The lowest BCUT2D eigenvalue weighted by molar-refractivity contribution is 0.0949. The first-order valence-electron chi connectivity index (χ1n) is 12.4. The summed E-state index contributed by atoms with van der Waals surface area (Å²) in [4.78, 5) is 40.1. The summed E-state index contributed by atoms with van der Waals surface area (Å²) in [6, 6.07) is 22.3. The Morgan fingerprint density at radius 1 is 0.919 bits per heavy atom. The minimum atomic E-state index is -0.373. The Morgan fingerprint density at radius 2 is 1.62 bits per heavy atom. The number of aromatic nitrogens is 4. The molecule has 5 rings (SSSR count). The van der Waals surface area contributed by atoms with Gasteiger partial charge in [0, 0.05) is 12.1 Å². The summed E-state index contributed by atoms with van der Waals surface area (Å²) in [5.74, 6) is 0.277. The highest BCUT2D eigenvalue weighted by Gasteiger charge is 2.19. The summed E-state index contributed by atoms with van der Waals surface area (Å²) in [7, 11) is 0. The monoisotopic (exact) mass is 495 g/mol. The minimum Gasteiger partial charge on any atom is -0.352 e. The second-order valence-electron chi connectivity index (χ2n) is 9.77. The Balaban J connectivity index is 1.71. The van der Waals surface area contributed by atoms with Gasteiger partial charge in [-0.1, -0.05) is 74.0 Å². The molecule has 3 aromatic carbocycles. The molecule has 1 amide bonds. The zero-order valence-electron chi connectivity index (χ0n) is 21.1. The van der Waals surface area contributed by atoms with E-state index in [1.807, 2.05) is 75.4 Å². The molecule has 37 heavy (non-hydrogen) atoms. The minimum absolute atomic E-state index is 0.234. The molecule has 1 N–H and O–H groups in total. The maximum atomic E-state index is 13.7. The van der Waals surface area contributed by atoms with Gasteiger partial charge in [0.15, 0.2) is 0 Å². The van der Waals surface area contributed by atoms with Crippen LogP contribution in [-0.4, -0.2) is 31.2 Å². The van der Waals surface area contributed by atoms with E-state index < -0.39 is 0 Å². The average molecular weight is 496 g/mol. The van der Waals surface area contributed by atoms with Crippen molar-refractivity contribution in [1.82, 2.24) is 24.1 Å². The predicted molar refractivity (Wildman–Crippen MR) is 144 cm³/mol. The molecule has 188 valence electrons. The van der Waals surface area contributed by atoms with Crippen LogP contribution in [0.1, 0.15) is 40.9 Å². The van der Waals surface area contributed by atoms with Crippen LogP contribution in [-0.2, 0) is 13.1 Å². The van der Waals surface area contributed by atoms with E-state index in [1.54, 1.807) is 18.2 Å². The van der Waals surface area contributed by atoms with Crippen LogP contribution in [0.4, 0.5) is 0 Å². The molecular formula is C29H29N5O3. The zero-order chi connectivity index (χ0) is 26.1. The topological polar surface area (TPSA) is 90.4 Å². The lowest BCUT2D eigenvalue weighted by atomic mass is 10.1. The molecule has 0 aliphatic rings. The quantitative estimate of drug-likeness (QED) is 0.374. The van der Waals surface area contributed by atoms with Gasteiger partial charge in [0.1, 0.15) is 0 Å². The van der Waals surface area contributed by atoms with E-state index in [4.69, 9.17) is 0 Å². The molecular weight excluding hydrogens is 466 g/mol. The fourth-order valence-electron chi connectivity index (χ4n) is 4.33. The SMILES string of the molecule is Cc1ccc(Cn2nc3n(Cc4ccccc4)c(=O)c4ccc(C(=O)NCC(C)C)cc4n3c2=O)cc1. The smallest absolute Gasteiger partial charge is 0.352 e. The first-order valence-corrected chi connectivity index (χ1v) is 12.4. The molecule has 8 nitrogen and oxygen atoms in total. The molecule has 0 bridgehead atoms. The number of hydrogen-bond donors (Lipinski definition) is 1.